The second-order valence-corrected chi connectivity index (χ2v) is 9.20. The lowest BCUT2D eigenvalue weighted by Crippen LogP contribution is -2.09. The SMILES string of the molecule is O=C(ON=C(c1ccc(Cl)cc1)C1CC1c1ccc(Cl)cc1Cl)c1ccc(Cl)c(Cl)c1. The highest BCUT2D eigenvalue weighted by molar-refractivity contribution is 6.42. The topological polar surface area (TPSA) is 38.7 Å². The van der Waals surface area contributed by atoms with Crippen LogP contribution in [-0.4, -0.2) is 11.7 Å². The first-order valence-electron chi connectivity index (χ1n) is 9.28. The molecule has 0 N–H and O–H groups in total. The number of halogens is 5. The molecule has 0 aromatic heterocycles. The first kappa shape index (κ1) is 22.4. The van der Waals surface area contributed by atoms with E-state index in [-0.39, 0.29) is 22.4 Å². The fourth-order valence-corrected chi connectivity index (χ4v) is 4.34. The third-order valence-electron chi connectivity index (χ3n) is 5.03. The van der Waals surface area contributed by atoms with Gasteiger partial charge in [0.05, 0.1) is 21.3 Å². The minimum Gasteiger partial charge on any atom is -0.313 e. The van der Waals surface area contributed by atoms with Crippen LogP contribution in [-0.2, 0) is 4.84 Å². The highest BCUT2D eigenvalue weighted by atomic mass is 35.5. The van der Waals surface area contributed by atoms with Crippen molar-refractivity contribution < 1.29 is 9.63 Å². The Morgan fingerprint density at radius 2 is 1.45 bits per heavy atom. The molecule has 0 heterocycles. The molecule has 158 valence electrons. The molecular formula is C23H14Cl5NO2. The molecule has 31 heavy (non-hydrogen) atoms. The first-order chi connectivity index (χ1) is 14.8. The van der Waals surface area contributed by atoms with Crippen LogP contribution in [0, 0.1) is 5.92 Å². The average Bonchev–Trinajstić information content (AvgIpc) is 3.51. The smallest absolute Gasteiger partial charge is 0.313 e. The van der Waals surface area contributed by atoms with Gasteiger partial charge in [-0.1, -0.05) is 81.4 Å². The molecule has 0 amide bonds. The summed E-state index contributed by atoms with van der Waals surface area (Å²) in [6.45, 7) is 0. The van der Waals surface area contributed by atoms with E-state index in [1.54, 1.807) is 18.2 Å². The van der Waals surface area contributed by atoms with Gasteiger partial charge in [0.15, 0.2) is 0 Å². The number of oxime groups is 1. The van der Waals surface area contributed by atoms with Gasteiger partial charge in [-0.3, -0.25) is 0 Å². The van der Waals surface area contributed by atoms with Gasteiger partial charge in [-0.2, -0.15) is 0 Å². The molecule has 3 nitrogen and oxygen atoms in total. The van der Waals surface area contributed by atoms with Gasteiger partial charge in [-0.15, -0.1) is 0 Å². The van der Waals surface area contributed by atoms with Gasteiger partial charge in [-0.05, 0) is 65.9 Å². The Morgan fingerprint density at radius 1 is 0.774 bits per heavy atom. The molecule has 2 atom stereocenters. The van der Waals surface area contributed by atoms with Gasteiger partial charge < -0.3 is 4.84 Å². The van der Waals surface area contributed by atoms with Crippen molar-refractivity contribution in [1.82, 2.24) is 0 Å². The van der Waals surface area contributed by atoms with E-state index in [4.69, 9.17) is 62.8 Å². The van der Waals surface area contributed by atoms with Crippen LogP contribution in [0.4, 0.5) is 0 Å². The van der Waals surface area contributed by atoms with E-state index in [9.17, 15) is 4.79 Å². The highest BCUT2D eigenvalue weighted by Crippen LogP contribution is 2.51. The molecule has 1 aliphatic carbocycles. The minimum atomic E-state index is -0.633. The summed E-state index contributed by atoms with van der Waals surface area (Å²) in [6.07, 6.45) is 0.813. The van der Waals surface area contributed by atoms with Gasteiger partial charge in [0.1, 0.15) is 0 Å². The lowest BCUT2D eigenvalue weighted by molar-refractivity contribution is 0.0515. The maximum absolute atomic E-state index is 12.5. The zero-order chi connectivity index (χ0) is 22.1. The highest BCUT2D eigenvalue weighted by Gasteiger charge is 2.44. The van der Waals surface area contributed by atoms with Crippen LogP contribution in [0.5, 0.6) is 0 Å². The van der Waals surface area contributed by atoms with E-state index in [1.807, 2.05) is 24.3 Å². The summed E-state index contributed by atoms with van der Waals surface area (Å²) in [6, 6.07) is 17.2. The Kier molecular flexibility index (Phi) is 6.80. The summed E-state index contributed by atoms with van der Waals surface area (Å²) in [4.78, 5) is 17.8. The molecular weight excluding hydrogens is 500 g/mol. The zero-order valence-corrected chi connectivity index (χ0v) is 19.6. The lowest BCUT2D eigenvalue weighted by Gasteiger charge is -2.08. The third-order valence-corrected chi connectivity index (χ3v) is 6.58. The average molecular weight is 514 g/mol. The summed E-state index contributed by atoms with van der Waals surface area (Å²) < 4.78 is 0. The molecule has 1 saturated carbocycles. The second-order valence-electron chi connectivity index (χ2n) is 7.11. The Hall–Kier alpha value is -1.75. The Morgan fingerprint density at radius 3 is 2.13 bits per heavy atom. The van der Waals surface area contributed by atoms with Crippen LogP contribution >= 0.6 is 58.0 Å². The maximum Gasteiger partial charge on any atom is 0.365 e. The monoisotopic (exact) mass is 511 g/mol. The standard InChI is InChI=1S/C23H14Cl5NO2/c24-14-4-1-12(2-5-14)22(18-11-17(18)16-7-6-15(25)10-20(16)27)29-31-23(30)13-3-8-19(26)21(28)9-13/h1-10,17-18H,11H2. The van der Waals surface area contributed by atoms with Gasteiger partial charge in [0, 0.05) is 21.0 Å². The summed E-state index contributed by atoms with van der Waals surface area (Å²) in [5.74, 6) is -0.462. The van der Waals surface area contributed by atoms with Crippen LogP contribution in [0.3, 0.4) is 0 Å². The number of hydrogen-bond donors (Lipinski definition) is 0. The normalized spacial score (nSPS) is 18.0. The van der Waals surface area contributed by atoms with Gasteiger partial charge in [-0.25, -0.2) is 4.79 Å². The van der Waals surface area contributed by atoms with Crippen molar-refractivity contribution >= 4 is 69.7 Å². The Bertz CT molecular complexity index is 1180. The quantitative estimate of drug-likeness (QED) is 0.195. The van der Waals surface area contributed by atoms with Crippen LogP contribution in [0.1, 0.15) is 33.8 Å². The molecule has 0 spiro atoms. The molecule has 1 aliphatic rings. The maximum atomic E-state index is 12.5. The predicted molar refractivity (Wildman–Crippen MR) is 127 cm³/mol. The second kappa shape index (κ2) is 9.40. The molecule has 0 aliphatic heterocycles. The third kappa shape index (κ3) is 5.19. The Labute approximate surface area is 204 Å². The summed E-state index contributed by atoms with van der Waals surface area (Å²) in [7, 11) is 0. The van der Waals surface area contributed by atoms with Crippen molar-refractivity contribution in [3.05, 3.63) is 102 Å². The van der Waals surface area contributed by atoms with E-state index in [0.717, 1.165) is 17.5 Å². The van der Waals surface area contributed by atoms with Crippen molar-refractivity contribution in [1.29, 1.82) is 0 Å². The molecule has 3 aromatic rings. The molecule has 0 bridgehead atoms. The van der Waals surface area contributed by atoms with Crippen molar-refractivity contribution in [2.75, 3.05) is 0 Å². The first-order valence-corrected chi connectivity index (χ1v) is 11.2. The van der Waals surface area contributed by atoms with E-state index >= 15 is 0 Å². The summed E-state index contributed by atoms with van der Waals surface area (Å²) >= 11 is 30.3. The largest absolute Gasteiger partial charge is 0.365 e. The van der Waals surface area contributed by atoms with E-state index in [0.29, 0.717) is 25.8 Å². The van der Waals surface area contributed by atoms with Crippen molar-refractivity contribution in [3.63, 3.8) is 0 Å². The Balaban J connectivity index is 1.61. The van der Waals surface area contributed by atoms with Gasteiger partial charge >= 0.3 is 5.97 Å². The predicted octanol–water partition coefficient (Wildman–Crippen LogP) is 8.32. The van der Waals surface area contributed by atoms with Crippen LogP contribution in [0.2, 0.25) is 25.1 Å². The molecule has 0 saturated heterocycles. The number of carbonyl (C=O) groups excluding carboxylic acids is 1. The van der Waals surface area contributed by atoms with Crippen LogP contribution < -0.4 is 0 Å². The van der Waals surface area contributed by atoms with E-state index in [2.05, 4.69) is 5.16 Å². The van der Waals surface area contributed by atoms with Gasteiger partial charge in [0.25, 0.3) is 0 Å². The van der Waals surface area contributed by atoms with E-state index in [1.165, 1.54) is 18.2 Å². The van der Waals surface area contributed by atoms with Crippen LogP contribution in [0.25, 0.3) is 0 Å². The van der Waals surface area contributed by atoms with Crippen molar-refractivity contribution in [2.45, 2.75) is 12.3 Å². The fourth-order valence-electron chi connectivity index (χ4n) is 3.36. The number of nitrogens with zero attached hydrogens (tertiary/aromatic N) is 1. The molecule has 1 fully saturated rings. The zero-order valence-electron chi connectivity index (χ0n) is 15.8. The number of benzene rings is 3. The molecule has 2 unspecified atom stereocenters. The summed E-state index contributed by atoms with van der Waals surface area (Å²) in [5, 5.41) is 6.61. The molecule has 3 aromatic carbocycles. The minimum absolute atomic E-state index is 0.0291. The molecule has 0 radical (unpaired) electrons. The summed E-state index contributed by atoms with van der Waals surface area (Å²) in [5.41, 5.74) is 2.68. The molecule has 4 rings (SSSR count). The van der Waals surface area contributed by atoms with Crippen LogP contribution in [0.15, 0.2) is 65.8 Å². The molecule has 8 heteroatoms. The number of rotatable bonds is 5. The lowest BCUT2D eigenvalue weighted by atomic mass is 10.0. The van der Waals surface area contributed by atoms with E-state index < -0.39 is 5.97 Å². The number of hydrogen-bond acceptors (Lipinski definition) is 3. The van der Waals surface area contributed by atoms with Crippen molar-refractivity contribution in [3.8, 4) is 0 Å². The van der Waals surface area contributed by atoms with Crippen molar-refractivity contribution in [2.24, 2.45) is 11.1 Å². The van der Waals surface area contributed by atoms with Gasteiger partial charge in [0.2, 0.25) is 0 Å². The number of carbonyl (C=O) groups is 1. The fraction of sp³-hybridized carbons (Fsp3) is 0.130.